The van der Waals surface area contributed by atoms with Gasteiger partial charge in [0.25, 0.3) is 0 Å². The summed E-state index contributed by atoms with van der Waals surface area (Å²) in [5.41, 5.74) is 1.07. The number of nitrogens with zero attached hydrogens (tertiary/aromatic N) is 4. The molecular formula is C29H48N5O4P. The van der Waals surface area contributed by atoms with E-state index in [1.807, 2.05) is 4.57 Å². The third-order valence-electron chi connectivity index (χ3n) is 6.08. The molecule has 1 amide bonds. The van der Waals surface area contributed by atoms with Crippen molar-refractivity contribution in [3.63, 3.8) is 0 Å². The maximum atomic E-state index is 12.2. The number of fused-ring (bicyclic) bond motifs is 1. The summed E-state index contributed by atoms with van der Waals surface area (Å²) in [7, 11) is -2.21. The van der Waals surface area contributed by atoms with Gasteiger partial charge >= 0.3 is 6.09 Å². The van der Waals surface area contributed by atoms with Crippen molar-refractivity contribution in [3.05, 3.63) is 37.0 Å². The van der Waals surface area contributed by atoms with E-state index in [0.717, 1.165) is 32.1 Å². The Hall–Kier alpha value is -2.51. The van der Waals surface area contributed by atoms with Crippen LogP contribution in [-0.4, -0.2) is 58.5 Å². The topological polar surface area (TPSA) is 108 Å². The molecule has 0 fully saturated rings. The number of nitrogens with one attached hydrogen (secondary N) is 1. The minimum absolute atomic E-state index is 0.239. The average Bonchev–Trinajstić information content (AvgIpc) is 3.32. The molecule has 0 atom stereocenters. The number of hydrogen-bond acceptors (Lipinski definition) is 7. The SMILES string of the molecule is CCCCC/C=C\C/C=C\CCCCCCCCOC(=O)Nc1ncnc2c1ncn2CCOCP(C)(C)=O. The zero-order valence-electron chi connectivity index (χ0n) is 24.1. The molecule has 2 aromatic heterocycles. The van der Waals surface area contributed by atoms with Crippen molar-refractivity contribution in [3.8, 4) is 0 Å². The van der Waals surface area contributed by atoms with Crippen LogP contribution in [0.2, 0.25) is 0 Å². The van der Waals surface area contributed by atoms with E-state index in [1.165, 1.54) is 51.3 Å². The first-order chi connectivity index (χ1) is 18.9. The van der Waals surface area contributed by atoms with Crippen LogP contribution in [0.1, 0.15) is 84.0 Å². The van der Waals surface area contributed by atoms with Gasteiger partial charge in [-0.25, -0.2) is 19.7 Å². The Morgan fingerprint density at radius 3 is 2.33 bits per heavy atom. The number of carbonyl (C=O) groups is 1. The highest BCUT2D eigenvalue weighted by atomic mass is 31.2. The van der Waals surface area contributed by atoms with Gasteiger partial charge < -0.3 is 18.6 Å². The molecular weight excluding hydrogens is 513 g/mol. The number of hydrogen-bond donors (Lipinski definition) is 1. The van der Waals surface area contributed by atoms with Crippen molar-refractivity contribution < 1.29 is 18.8 Å². The van der Waals surface area contributed by atoms with Gasteiger partial charge in [-0.1, -0.05) is 69.8 Å². The van der Waals surface area contributed by atoms with Gasteiger partial charge in [-0.15, -0.1) is 0 Å². The maximum absolute atomic E-state index is 12.2. The van der Waals surface area contributed by atoms with Gasteiger partial charge in [-0.3, -0.25) is 5.32 Å². The predicted molar refractivity (Wildman–Crippen MR) is 160 cm³/mol. The largest absolute Gasteiger partial charge is 0.449 e. The zero-order valence-corrected chi connectivity index (χ0v) is 25.0. The number of allylic oxidation sites excluding steroid dienone is 4. The van der Waals surface area contributed by atoms with E-state index in [2.05, 4.69) is 51.5 Å². The first-order valence-electron chi connectivity index (χ1n) is 14.4. The summed E-state index contributed by atoms with van der Waals surface area (Å²) in [5, 5.41) is 2.67. The Bertz CT molecular complexity index is 1060. The van der Waals surface area contributed by atoms with Crippen LogP contribution in [0, 0.1) is 0 Å². The quantitative estimate of drug-likeness (QED) is 0.0941. The molecule has 0 spiro atoms. The lowest BCUT2D eigenvalue weighted by Gasteiger charge is -2.09. The molecule has 0 saturated heterocycles. The third kappa shape index (κ3) is 15.0. The van der Waals surface area contributed by atoms with Gasteiger partial charge in [0.2, 0.25) is 0 Å². The molecule has 0 radical (unpaired) electrons. The normalized spacial score (nSPS) is 12.2. The molecule has 10 heteroatoms. The maximum Gasteiger partial charge on any atom is 0.412 e. The molecule has 1 N–H and O–H groups in total. The van der Waals surface area contributed by atoms with Crippen LogP contribution < -0.4 is 5.32 Å². The fourth-order valence-electron chi connectivity index (χ4n) is 3.97. The van der Waals surface area contributed by atoms with Gasteiger partial charge in [-0.05, 0) is 51.9 Å². The lowest BCUT2D eigenvalue weighted by atomic mass is 10.1. The molecule has 39 heavy (non-hydrogen) atoms. The summed E-state index contributed by atoms with van der Waals surface area (Å²) in [5.74, 6) is 0.313. The molecule has 0 saturated carbocycles. The fourth-order valence-corrected chi connectivity index (χ4v) is 4.54. The predicted octanol–water partition coefficient (Wildman–Crippen LogP) is 7.79. The fraction of sp³-hybridized carbons (Fsp3) is 0.655. The molecule has 0 aromatic carbocycles. The van der Waals surface area contributed by atoms with Gasteiger partial charge in [0.05, 0.1) is 25.9 Å². The van der Waals surface area contributed by atoms with Crippen LogP contribution in [0.3, 0.4) is 0 Å². The van der Waals surface area contributed by atoms with Crippen molar-refractivity contribution >= 4 is 30.2 Å². The summed E-state index contributed by atoms with van der Waals surface area (Å²) in [6.07, 6.45) is 25.9. The standard InChI is InChI=1S/C29H48N5O4P/c1-4-5-6-7-8-9-10-11-12-13-14-15-16-17-18-19-21-38-29(35)33-27-26-28(31-23-30-27)34(24-32-26)20-22-37-25-39(2,3)36/h8-9,11-12,23-24H,4-7,10,13-22,25H2,1-3H3,(H,30,31,33,35)/b9-8-,12-11-. The summed E-state index contributed by atoms with van der Waals surface area (Å²) >= 11 is 0. The Morgan fingerprint density at radius 1 is 0.923 bits per heavy atom. The third-order valence-corrected chi connectivity index (χ3v) is 6.88. The molecule has 9 nitrogen and oxygen atoms in total. The summed E-state index contributed by atoms with van der Waals surface area (Å²) in [6.45, 7) is 6.90. The van der Waals surface area contributed by atoms with Gasteiger partial charge in [-0.2, -0.15) is 0 Å². The molecule has 0 aliphatic heterocycles. The number of aromatic nitrogens is 4. The highest BCUT2D eigenvalue weighted by Gasteiger charge is 2.13. The van der Waals surface area contributed by atoms with Crippen LogP contribution in [0.15, 0.2) is 37.0 Å². The summed E-state index contributed by atoms with van der Waals surface area (Å²) in [6, 6.07) is 0. The monoisotopic (exact) mass is 561 g/mol. The summed E-state index contributed by atoms with van der Waals surface area (Å²) in [4.78, 5) is 25.0. The first kappa shape index (κ1) is 32.7. The smallest absolute Gasteiger partial charge is 0.412 e. The van der Waals surface area contributed by atoms with Crippen molar-refractivity contribution in [2.75, 3.05) is 38.2 Å². The molecule has 0 bridgehead atoms. The molecule has 0 aliphatic rings. The van der Waals surface area contributed by atoms with E-state index in [0.29, 0.717) is 36.7 Å². The number of ether oxygens (including phenoxy) is 2. The van der Waals surface area contributed by atoms with Crippen LogP contribution in [-0.2, 0) is 20.6 Å². The average molecular weight is 562 g/mol. The highest BCUT2D eigenvalue weighted by Crippen LogP contribution is 2.35. The van der Waals surface area contributed by atoms with E-state index in [-0.39, 0.29) is 6.35 Å². The molecule has 2 aromatic rings. The van der Waals surface area contributed by atoms with Crippen LogP contribution >= 0.6 is 7.14 Å². The molecule has 2 heterocycles. The van der Waals surface area contributed by atoms with E-state index < -0.39 is 13.2 Å². The molecule has 2 rings (SSSR count). The van der Waals surface area contributed by atoms with Crippen molar-refractivity contribution in [2.24, 2.45) is 0 Å². The first-order valence-corrected chi connectivity index (χ1v) is 17.2. The number of carbonyl (C=O) groups excluding carboxylic acids is 1. The number of amides is 1. The molecule has 218 valence electrons. The van der Waals surface area contributed by atoms with E-state index in [9.17, 15) is 9.36 Å². The van der Waals surface area contributed by atoms with Crippen molar-refractivity contribution in [2.45, 2.75) is 90.5 Å². The Morgan fingerprint density at radius 2 is 1.62 bits per heavy atom. The van der Waals surface area contributed by atoms with E-state index in [4.69, 9.17) is 9.47 Å². The van der Waals surface area contributed by atoms with Crippen molar-refractivity contribution in [1.82, 2.24) is 19.5 Å². The van der Waals surface area contributed by atoms with Crippen molar-refractivity contribution in [1.29, 1.82) is 0 Å². The minimum Gasteiger partial charge on any atom is -0.449 e. The van der Waals surface area contributed by atoms with Crippen LogP contribution in [0.4, 0.5) is 10.6 Å². The minimum atomic E-state index is -2.21. The lowest BCUT2D eigenvalue weighted by Crippen LogP contribution is -2.16. The van der Waals surface area contributed by atoms with E-state index >= 15 is 0 Å². The Balaban J connectivity index is 1.53. The second-order valence-corrected chi connectivity index (χ2v) is 13.7. The van der Waals surface area contributed by atoms with E-state index in [1.54, 1.807) is 19.7 Å². The Labute approximate surface area is 234 Å². The number of anilines is 1. The van der Waals surface area contributed by atoms with Gasteiger partial charge in [0.1, 0.15) is 13.5 Å². The molecule has 0 unspecified atom stereocenters. The van der Waals surface area contributed by atoms with Crippen LogP contribution in [0.5, 0.6) is 0 Å². The zero-order chi connectivity index (χ0) is 28.2. The molecule has 0 aliphatic carbocycles. The lowest BCUT2D eigenvalue weighted by molar-refractivity contribution is 0.159. The number of imidazole rings is 1. The van der Waals surface area contributed by atoms with Crippen LogP contribution in [0.25, 0.3) is 11.2 Å². The van der Waals surface area contributed by atoms with Gasteiger partial charge in [0, 0.05) is 6.54 Å². The number of unbranched alkanes of at least 4 members (excludes halogenated alkanes) is 9. The van der Waals surface area contributed by atoms with Gasteiger partial charge in [0.15, 0.2) is 17.0 Å². The Kier molecular flexibility index (Phi) is 16.4. The second kappa shape index (κ2) is 19.5. The second-order valence-electron chi connectivity index (χ2n) is 10.3. The summed E-state index contributed by atoms with van der Waals surface area (Å²) < 4.78 is 24.4. The highest BCUT2D eigenvalue weighted by molar-refractivity contribution is 7.62. The number of rotatable bonds is 21.